The van der Waals surface area contributed by atoms with E-state index in [9.17, 15) is 14.4 Å². The predicted molar refractivity (Wildman–Crippen MR) is 128 cm³/mol. The first-order chi connectivity index (χ1) is 16.0. The largest absolute Gasteiger partial charge is 0.348 e. The normalized spacial score (nSPS) is 11.5. The van der Waals surface area contributed by atoms with Gasteiger partial charge in [0, 0.05) is 16.8 Å². The quantitative estimate of drug-likeness (QED) is 0.422. The van der Waals surface area contributed by atoms with Crippen LogP contribution in [0.25, 0.3) is 10.9 Å². The molecule has 4 aromatic rings. The third-order valence-corrected chi connectivity index (χ3v) is 5.13. The molecule has 8 heteroatoms. The van der Waals surface area contributed by atoms with Gasteiger partial charge in [0.2, 0.25) is 11.3 Å². The second-order valence-electron chi connectivity index (χ2n) is 7.54. The van der Waals surface area contributed by atoms with Crippen molar-refractivity contribution in [3.8, 4) is 0 Å². The molecule has 33 heavy (non-hydrogen) atoms. The Labute approximate surface area is 190 Å². The number of carbonyl (C=O) groups excluding carboxylic acids is 2. The van der Waals surface area contributed by atoms with E-state index in [0.29, 0.717) is 22.3 Å². The van der Waals surface area contributed by atoms with Crippen molar-refractivity contribution in [2.75, 3.05) is 10.6 Å². The van der Waals surface area contributed by atoms with Gasteiger partial charge in [0.25, 0.3) is 0 Å². The summed E-state index contributed by atoms with van der Waals surface area (Å²) in [6.07, 6.45) is 1.22. The van der Waals surface area contributed by atoms with E-state index in [1.807, 2.05) is 37.3 Å². The number of para-hydroxylation sites is 2. The van der Waals surface area contributed by atoms with Crippen LogP contribution in [0.3, 0.4) is 0 Å². The van der Waals surface area contributed by atoms with Gasteiger partial charge in [-0.05, 0) is 48.9 Å². The first kappa shape index (κ1) is 21.8. The molecule has 3 amide bonds. The lowest BCUT2D eigenvalue weighted by Gasteiger charge is -2.16. The second kappa shape index (κ2) is 9.78. The highest BCUT2D eigenvalue weighted by Gasteiger charge is 2.12. The lowest BCUT2D eigenvalue weighted by Crippen LogP contribution is -2.31. The van der Waals surface area contributed by atoms with Crippen molar-refractivity contribution < 1.29 is 9.59 Å². The Bertz CT molecular complexity index is 1330. The number of benzene rings is 3. The maximum atomic E-state index is 12.6. The monoisotopic (exact) mass is 441 g/mol. The number of rotatable bonds is 6. The standard InChI is InChI=1S/C25H23N5O3/c1-17(27-24(32)16-30-22-10-6-5-9-21(22)23(31)15-26-30)18-11-13-20(14-12-18)29-25(33)28-19-7-3-2-4-8-19/h2-15,17H,16H2,1H3,(H,27,32)(H2,28,29,33). The Morgan fingerprint density at radius 2 is 1.52 bits per heavy atom. The van der Waals surface area contributed by atoms with Crippen LogP contribution in [0.2, 0.25) is 0 Å². The number of anilines is 2. The Kier molecular flexibility index (Phi) is 6.45. The minimum absolute atomic E-state index is 0.00949. The first-order valence-electron chi connectivity index (χ1n) is 10.5. The third-order valence-electron chi connectivity index (χ3n) is 5.13. The van der Waals surface area contributed by atoms with Crippen molar-refractivity contribution >= 4 is 34.2 Å². The Hall–Kier alpha value is -4.46. The van der Waals surface area contributed by atoms with Crippen LogP contribution in [0.4, 0.5) is 16.2 Å². The minimum atomic E-state index is -0.337. The lowest BCUT2D eigenvalue weighted by molar-refractivity contribution is -0.122. The molecule has 3 aromatic carbocycles. The first-order valence-corrected chi connectivity index (χ1v) is 10.5. The molecule has 0 saturated heterocycles. The van der Waals surface area contributed by atoms with Crippen LogP contribution < -0.4 is 21.4 Å². The van der Waals surface area contributed by atoms with E-state index in [-0.39, 0.29) is 30.0 Å². The van der Waals surface area contributed by atoms with Gasteiger partial charge in [-0.1, -0.05) is 42.5 Å². The molecule has 3 N–H and O–H groups in total. The van der Waals surface area contributed by atoms with Crippen molar-refractivity contribution in [1.29, 1.82) is 0 Å². The fraction of sp³-hybridized carbons (Fsp3) is 0.120. The predicted octanol–water partition coefficient (Wildman–Crippen LogP) is 3.92. The average Bonchev–Trinajstić information content (AvgIpc) is 2.82. The Morgan fingerprint density at radius 1 is 0.879 bits per heavy atom. The molecule has 0 radical (unpaired) electrons. The van der Waals surface area contributed by atoms with E-state index in [1.165, 1.54) is 10.9 Å². The topological polar surface area (TPSA) is 105 Å². The summed E-state index contributed by atoms with van der Waals surface area (Å²) >= 11 is 0. The number of hydrogen-bond acceptors (Lipinski definition) is 4. The van der Waals surface area contributed by atoms with Gasteiger partial charge >= 0.3 is 6.03 Å². The SMILES string of the molecule is CC(NC(=O)Cn1ncc(=O)c2ccccc21)c1ccc(NC(=O)Nc2ccccc2)cc1. The fourth-order valence-electron chi connectivity index (χ4n) is 3.46. The highest BCUT2D eigenvalue weighted by atomic mass is 16.2. The van der Waals surface area contributed by atoms with Gasteiger partial charge in [0.05, 0.1) is 17.8 Å². The second-order valence-corrected chi connectivity index (χ2v) is 7.54. The molecule has 166 valence electrons. The van der Waals surface area contributed by atoms with Gasteiger partial charge in [-0.2, -0.15) is 5.10 Å². The number of nitrogens with one attached hydrogen (secondary N) is 3. The molecule has 0 bridgehead atoms. The molecule has 0 saturated carbocycles. The molecular weight excluding hydrogens is 418 g/mol. The van der Waals surface area contributed by atoms with Gasteiger partial charge in [0.1, 0.15) is 6.54 Å². The molecule has 1 unspecified atom stereocenters. The summed E-state index contributed by atoms with van der Waals surface area (Å²) in [5.41, 5.74) is 2.65. The van der Waals surface area contributed by atoms with Crippen molar-refractivity contribution in [2.24, 2.45) is 0 Å². The van der Waals surface area contributed by atoms with E-state index in [0.717, 1.165) is 5.56 Å². The zero-order valence-corrected chi connectivity index (χ0v) is 18.0. The molecule has 0 aliphatic heterocycles. The summed E-state index contributed by atoms with van der Waals surface area (Å²) in [4.78, 5) is 36.7. The molecule has 0 fully saturated rings. The highest BCUT2D eigenvalue weighted by Crippen LogP contribution is 2.17. The van der Waals surface area contributed by atoms with E-state index < -0.39 is 0 Å². The molecular formula is C25H23N5O3. The number of amides is 3. The van der Waals surface area contributed by atoms with Gasteiger partial charge in [0.15, 0.2) is 0 Å². The number of urea groups is 1. The van der Waals surface area contributed by atoms with Crippen molar-refractivity contribution in [1.82, 2.24) is 15.1 Å². The van der Waals surface area contributed by atoms with Crippen LogP contribution in [0.5, 0.6) is 0 Å². The van der Waals surface area contributed by atoms with Crippen LogP contribution in [0.15, 0.2) is 89.9 Å². The van der Waals surface area contributed by atoms with Crippen LogP contribution in [0.1, 0.15) is 18.5 Å². The minimum Gasteiger partial charge on any atom is -0.348 e. The van der Waals surface area contributed by atoms with Crippen LogP contribution in [-0.2, 0) is 11.3 Å². The van der Waals surface area contributed by atoms with Gasteiger partial charge in [-0.3, -0.25) is 14.3 Å². The van der Waals surface area contributed by atoms with E-state index in [2.05, 4.69) is 21.0 Å². The molecule has 1 atom stereocenters. The zero-order valence-electron chi connectivity index (χ0n) is 18.0. The van der Waals surface area contributed by atoms with Gasteiger partial charge < -0.3 is 16.0 Å². The van der Waals surface area contributed by atoms with Crippen LogP contribution in [0, 0.1) is 0 Å². The van der Waals surface area contributed by atoms with E-state index >= 15 is 0 Å². The van der Waals surface area contributed by atoms with E-state index in [4.69, 9.17) is 0 Å². The van der Waals surface area contributed by atoms with Crippen molar-refractivity contribution in [3.05, 3.63) is 101 Å². The molecule has 0 aliphatic rings. The smallest absolute Gasteiger partial charge is 0.323 e. The number of fused-ring (bicyclic) bond motifs is 1. The summed E-state index contributed by atoms with van der Waals surface area (Å²) in [6.45, 7) is 1.86. The van der Waals surface area contributed by atoms with Gasteiger partial charge in [-0.15, -0.1) is 0 Å². The third kappa shape index (κ3) is 5.43. The molecule has 0 aliphatic carbocycles. The molecule has 0 spiro atoms. The summed E-state index contributed by atoms with van der Waals surface area (Å²) in [7, 11) is 0. The lowest BCUT2D eigenvalue weighted by atomic mass is 10.1. The number of hydrogen-bond donors (Lipinski definition) is 3. The highest BCUT2D eigenvalue weighted by molar-refractivity contribution is 5.99. The van der Waals surface area contributed by atoms with Crippen molar-refractivity contribution in [2.45, 2.75) is 19.5 Å². The molecule has 8 nitrogen and oxygen atoms in total. The number of aromatic nitrogens is 2. The van der Waals surface area contributed by atoms with Crippen LogP contribution >= 0.6 is 0 Å². The van der Waals surface area contributed by atoms with Gasteiger partial charge in [-0.25, -0.2) is 4.79 Å². The fourth-order valence-corrected chi connectivity index (χ4v) is 3.46. The molecule has 4 rings (SSSR count). The molecule has 1 heterocycles. The number of carbonyl (C=O) groups is 2. The zero-order chi connectivity index (χ0) is 23.2. The van der Waals surface area contributed by atoms with Crippen molar-refractivity contribution in [3.63, 3.8) is 0 Å². The Morgan fingerprint density at radius 3 is 2.24 bits per heavy atom. The maximum Gasteiger partial charge on any atom is 0.323 e. The average molecular weight is 441 g/mol. The summed E-state index contributed by atoms with van der Waals surface area (Å²) < 4.78 is 1.51. The Balaban J connectivity index is 1.35. The molecule has 1 aromatic heterocycles. The summed E-state index contributed by atoms with van der Waals surface area (Å²) in [5.74, 6) is -0.228. The summed E-state index contributed by atoms with van der Waals surface area (Å²) in [6, 6.07) is 22.9. The maximum absolute atomic E-state index is 12.6. The number of nitrogens with zero attached hydrogens (tertiary/aromatic N) is 2. The van der Waals surface area contributed by atoms with E-state index in [1.54, 1.807) is 48.5 Å². The summed E-state index contributed by atoms with van der Waals surface area (Å²) in [5, 5.41) is 13.1. The van der Waals surface area contributed by atoms with Crippen LogP contribution in [-0.4, -0.2) is 21.7 Å².